The van der Waals surface area contributed by atoms with Crippen LogP contribution in [-0.4, -0.2) is 42.2 Å². The third-order valence-electron chi connectivity index (χ3n) is 3.65. The minimum atomic E-state index is -0.380. The highest BCUT2D eigenvalue weighted by Gasteiger charge is 2.24. The fourth-order valence-corrected chi connectivity index (χ4v) is 2.49. The molecule has 2 unspecified atom stereocenters. The molecule has 0 radical (unpaired) electrons. The topological polar surface area (TPSA) is 40.1 Å². The lowest BCUT2D eigenvalue weighted by atomic mass is 10.0. The van der Waals surface area contributed by atoms with Crippen molar-refractivity contribution in [2.24, 2.45) is 0 Å². The van der Waals surface area contributed by atoms with Gasteiger partial charge in [0.25, 0.3) is 0 Å². The Kier molecular flexibility index (Phi) is 6.65. The van der Waals surface area contributed by atoms with Gasteiger partial charge < -0.3 is 22.8 Å². The third kappa shape index (κ3) is 3.95. The van der Waals surface area contributed by atoms with Gasteiger partial charge in [-0.1, -0.05) is 30.3 Å². The van der Waals surface area contributed by atoms with Gasteiger partial charge in [-0.15, -0.1) is 0 Å². The van der Waals surface area contributed by atoms with Crippen LogP contribution in [-0.2, 0) is 0 Å². The Morgan fingerprint density at radius 2 is 1.89 bits per heavy atom. The lowest BCUT2D eigenvalue weighted by Crippen LogP contribution is -3.00. The SMILES string of the molecule is CC(C(O)c1ccccc1)N1CCC[NH2+]CC1.[Cl-]. The molecule has 1 saturated heterocycles. The number of nitrogens with two attached hydrogens (primary N) is 1. The van der Waals surface area contributed by atoms with Gasteiger partial charge in [0.2, 0.25) is 0 Å². The van der Waals surface area contributed by atoms with Gasteiger partial charge >= 0.3 is 0 Å². The van der Waals surface area contributed by atoms with E-state index in [4.69, 9.17) is 0 Å². The van der Waals surface area contributed by atoms with Crippen molar-refractivity contribution >= 4 is 0 Å². The first-order chi connectivity index (χ1) is 8.29. The van der Waals surface area contributed by atoms with Crippen LogP contribution in [0.25, 0.3) is 0 Å². The van der Waals surface area contributed by atoms with Gasteiger partial charge in [0.15, 0.2) is 0 Å². The molecule has 2 rings (SSSR count). The minimum absolute atomic E-state index is 0. The Hall–Kier alpha value is -0.610. The molecule has 1 heterocycles. The van der Waals surface area contributed by atoms with Crippen molar-refractivity contribution < 1.29 is 22.8 Å². The Bertz CT molecular complexity index is 326. The molecule has 1 fully saturated rings. The number of aliphatic hydroxyl groups is 1. The van der Waals surface area contributed by atoms with E-state index < -0.39 is 0 Å². The predicted octanol–water partition coefficient (Wildman–Crippen LogP) is -2.62. The molecule has 0 saturated carbocycles. The van der Waals surface area contributed by atoms with E-state index in [-0.39, 0.29) is 24.6 Å². The maximum absolute atomic E-state index is 10.4. The van der Waals surface area contributed by atoms with E-state index >= 15 is 0 Å². The Morgan fingerprint density at radius 3 is 2.61 bits per heavy atom. The fourth-order valence-electron chi connectivity index (χ4n) is 2.49. The number of halogens is 1. The summed E-state index contributed by atoms with van der Waals surface area (Å²) in [5, 5.41) is 12.7. The van der Waals surface area contributed by atoms with Gasteiger partial charge in [-0.25, -0.2) is 0 Å². The third-order valence-corrected chi connectivity index (χ3v) is 3.65. The van der Waals surface area contributed by atoms with E-state index in [0.717, 1.165) is 25.2 Å². The van der Waals surface area contributed by atoms with Crippen molar-refractivity contribution in [3.63, 3.8) is 0 Å². The van der Waals surface area contributed by atoms with E-state index in [1.807, 2.05) is 30.3 Å². The van der Waals surface area contributed by atoms with Crippen LogP contribution >= 0.6 is 0 Å². The van der Waals surface area contributed by atoms with Gasteiger partial charge in [0, 0.05) is 25.6 Å². The van der Waals surface area contributed by atoms with Crippen molar-refractivity contribution in [1.82, 2.24) is 4.90 Å². The maximum atomic E-state index is 10.4. The Balaban J connectivity index is 0.00000162. The van der Waals surface area contributed by atoms with Crippen LogP contribution < -0.4 is 17.7 Å². The number of rotatable bonds is 3. The summed E-state index contributed by atoms with van der Waals surface area (Å²) in [5.41, 5.74) is 1.02. The first kappa shape index (κ1) is 15.4. The summed E-state index contributed by atoms with van der Waals surface area (Å²) in [6.07, 6.45) is 0.834. The molecule has 3 N–H and O–H groups in total. The minimum Gasteiger partial charge on any atom is -1.00 e. The van der Waals surface area contributed by atoms with Gasteiger partial charge in [-0.2, -0.15) is 0 Å². The summed E-state index contributed by atoms with van der Waals surface area (Å²) in [4.78, 5) is 2.40. The van der Waals surface area contributed by atoms with E-state index in [1.165, 1.54) is 13.0 Å². The molecule has 3 nitrogen and oxygen atoms in total. The quantitative estimate of drug-likeness (QED) is 0.632. The number of aliphatic hydroxyl groups excluding tert-OH is 1. The zero-order valence-electron chi connectivity index (χ0n) is 10.9. The molecule has 1 aromatic rings. The molecule has 1 aliphatic rings. The second-order valence-corrected chi connectivity index (χ2v) is 4.85. The first-order valence-corrected chi connectivity index (χ1v) is 6.58. The molecule has 4 heteroatoms. The van der Waals surface area contributed by atoms with Gasteiger partial charge in [0.05, 0.1) is 19.2 Å². The van der Waals surface area contributed by atoms with Crippen LogP contribution in [0.2, 0.25) is 0 Å². The lowest BCUT2D eigenvalue weighted by Gasteiger charge is -2.30. The van der Waals surface area contributed by atoms with E-state index in [2.05, 4.69) is 17.1 Å². The van der Waals surface area contributed by atoms with Crippen molar-refractivity contribution in [2.45, 2.75) is 25.5 Å². The second kappa shape index (κ2) is 7.74. The highest BCUT2D eigenvalue weighted by Crippen LogP contribution is 2.20. The summed E-state index contributed by atoms with van der Waals surface area (Å²) in [5.74, 6) is 0. The molecular formula is C14H23ClN2O. The largest absolute Gasteiger partial charge is 1.00 e. The first-order valence-electron chi connectivity index (χ1n) is 6.58. The molecule has 0 bridgehead atoms. The maximum Gasteiger partial charge on any atom is 0.0942 e. The van der Waals surface area contributed by atoms with E-state index in [9.17, 15) is 5.11 Å². The number of nitrogens with zero attached hydrogens (tertiary/aromatic N) is 1. The number of hydrogen-bond donors (Lipinski definition) is 2. The summed E-state index contributed by atoms with van der Waals surface area (Å²) in [7, 11) is 0. The lowest BCUT2D eigenvalue weighted by molar-refractivity contribution is -0.651. The predicted molar refractivity (Wildman–Crippen MR) is 68.7 cm³/mol. The molecular weight excluding hydrogens is 248 g/mol. The molecule has 0 aromatic heterocycles. The smallest absolute Gasteiger partial charge is 0.0942 e. The monoisotopic (exact) mass is 270 g/mol. The Morgan fingerprint density at radius 1 is 1.17 bits per heavy atom. The van der Waals surface area contributed by atoms with E-state index in [0.29, 0.717) is 0 Å². The molecule has 2 atom stereocenters. The van der Waals surface area contributed by atoms with Crippen LogP contribution in [0, 0.1) is 0 Å². The highest BCUT2D eigenvalue weighted by atomic mass is 35.5. The molecule has 1 aromatic carbocycles. The van der Waals surface area contributed by atoms with Gasteiger partial charge in [-0.05, 0) is 12.5 Å². The van der Waals surface area contributed by atoms with Crippen molar-refractivity contribution in [3.05, 3.63) is 35.9 Å². The number of hydrogen-bond acceptors (Lipinski definition) is 2. The van der Waals surface area contributed by atoms with Crippen molar-refractivity contribution in [1.29, 1.82) is 0 Å². The highest BCUT2D eigenvalue weighted by molar-refractivity contribution is 5.18. The molecule has 18 heavy (non-hydrogen) atoms. The van der Waals surface area contributed by atoms with Crippen molar-refractivity contribution in [3.8, 4) is 0 Å². The Labute approximate surface area is 116 Å². The van der Waals surface area contributed by atoms with Crippen LogP contribution in [0.3, 0.4) is 0 Å². The summed E-state index contributed by atoms with van der Waals surface area (Å²) in [6, 6.07) is 10.2. The molecule has 1 aliphatic heterocycles. The second-order valence-electron chi connectivity index (χ2n) is 4.85. The standard InChI is InChI=1S/C14H22N2O.ClH/c1-12(16-10-5-8-15-9-11-16)14(17)13-6-3-2-4-7-13;/h2-4,6-7,12,14-15,17H,5,8-11H2,1H3;1H. The summed E-state index contributed by atoms with van der Waals surface area (Å²) >= 11 is 0. The fraction of sp³-hybridized carbons (Fsp3) is 0.571. The van der Waals surface area contributed by atoms with Gasteiger partial charge in [0.1, 0.15) is 0 Å². The number of benzene rings is 1. The normalized spacial score (nSPS) is 20.6. The van der Waals surface area contributed by atoms with Crippen LogP contribution in [0.15, 0.2) is 30.3 Å². The molecule has 0 spiro atoms. The average molecular weight is 271 g/mol. The zero-order valence-corrected chi connectivity index (χ0v) is 11.7. The van der Waals surface area contributed by atoms with Crippen LogP contribution in [0.1, 0.15) is 25.0 Å². The zero-order chi connectivity index (χ0) is 12.1. The number of quaternary nitrogens is 1. The van der Waals surface area contributed by atoms with Gasteiger partial charge in [-0.3, -0.25) is 4.90 Å². The summed E-state index contributed by atoms with van der Waals surface area (Å²) < 4.78 is 0. The van der Waals surface area contributed by atoms with Crippen LogP contribution in [0.5, 0.6) is 0 Å². The molecule has 102 valence electrons. The summed E-state index contributed by atoms with van der Waals surface area (Å²) in [6.45, 7) is 6.66. The van der Waals surface area contributed by atoms with E-state index in [1.54, 1.807) is 0 Å². The van der Waals surface area contributed by atoms with Crippen LogP contribution in [0.4, 0.5) is 0 Å². The molecule has 0 amide bonds. The molecule has 0 aliphatic carbocycles. The van der Waals surface area contributed by atoms with Crippen molar-refractivity contribution in [2.75, 3.05) is 26.2 Å². The average Bonchev–Trinajstić information content (AvgIpc) is 2.67.